The molecule has 21 heavy (non-hydrogen) atoms. The van der Waals surface area contributed by atoms with E-state index in [-0.39, 0.29) is 5.60 Å². The van der Waals surface area contributed by atoms with Crippen LogP contribution in [0.25, 0.3) is 0 Å². The zero-order valence-electron chi connectivity index (χ0n) is 13.2. The van der Waals surface area contributed by atoms with E-state index in [1.54, 1.807) is 0 Å². The molecule has 118 valence electrons. The smallest absolute Gasteiger partial charge is 0.227 e. The van der Waals surface area contributed by atoms with E-state index in [1.165, 1.54) is 32.1 Å². The molecular weight excluding hydrogens is 266 g/mol. The van der Waals surface area contributed by atoms with Crippen molar-refractivity contribution in [3.05, 3.63) is 11.7 Å². The largest absolute Gasteiger partial charge is 0.367 e. The fraction of sp³-hybridized carbons (Fsp3) is 0.875. The first-order valence-electron chi connectivity index (χ1n) is 8.35. The first kappa shape index (κ1) is 15.0. The van der Waals surface area contributed by atoms with E-state index < -0.39 is 0 Å². The molecule has 1 N–H and O–H groups in total. The van der Waals surface area contributed by atoms with Gasteiger partial charge in [-0.3, -0.25) is 0 Å². The Kier molecular flexibility index (Phi) is 4.60. The number of nitrogens with one attached hydrogen (secondary N) is 1. The van der Waals surface area contributed by atoms with Crippen molar-refractivity contribution in [2.24, 2.45) is 5.92 Å². The number of ether oxygens (including phenoxy) is 1. The molecule has 1 aromatic rings. The summed E-state index contributed by atoms with van der Waals surface area (Å²) in [5.74, 6) is 2.11. The van der Waals surface area contributed by atoms with Crippen molar-refractivity contribution in [2.45, 2.75) is 69.9 Å². The average molecular weight is 293 g/mol. The van der Waals surface area contributed by atoms with E-state index in [0.717, 1.165) is 37.6 Å². The monoisotopic (exact) mass is 293 g/mol. The van der Waals surface area contributed by atoms with Crippen molar-refractivity contribution >= 4 is 0 Å². The summed E-state index contributed by atoms with van der Waals surface area (Å²) in [5, 5.41) is 7.63. The molecule has 3 unspecified atom stereocenters. The molecule has 3 rings (SSSR count). The summed E-state index contributed by atoms with van der Waals surface area (Å²) in [7, 11) is 2.05. The lowest BCUT2D eigenvalue weighted by atomic mass is 9.82. The van der Waals surface area contributed by atoms with Crippen molar-refractivity contribution in [3.8, 4) is 0 Å². The second-order valence-corrected chi connectivity index (χ2v) is 6.69. The van der Waals surface area contributed by atoms with Gasteiger partial charge in [0.05, 0.1) is 0 Å². The van der Waals surface area contributed by atoms with E-state index in [2.05, 4.69) is 29.4 Å². The van der Waals surface area contributed by atoms with Crippen LogP contribution in [0.2, 0.25) is 0 Å². The summed E-state index contributed by atoms with van der Waals surface area (Å²) in [6.45, 7) is 2.88. The highest BCUT2D eigenvalue weighted by Crippen LogP contribution is 2.33. The van der Waals surface area contributed by atoms with Crippen LogP contribution >= 0.6 is 0 Å². The summed E-state index contributed by atoms with van der Waals surface area (Å²) in [4.78, 5) is 4.64. The Labute approximate surface area is 126 Å². The Bertz CT molecular complexity index is 454. The minimum Gasteiger partial charge on any atom is -0.367 e. The maximum Gasteiger partial charge on any atom is 0.227 e. The van der Waals surface area contributed by atoms with Crippen molar-refractivity contribution in [1.29, 1.82) is 0 Å². The van der Waals surface area contributed by atoms with E-state index in [9.17, 15) is 0 Å². The average Bonchev–Trinajstić information content (AvgIpc) is 2.98. The van der Waals surface area contributed by atoms with Gasteiger partial charge in [0.25, 0.3) is 0 Å². The number of aromatic nitrogens is 2. The normalized spacial score (nSPS) is 34.0. The minimum absolute atomic E-state index is 0.352. The quantitative estimate of drug-likeness (QED) is 0.925. The maximum absolute atomic E-state index is 5.90. The van der Waals surface area contributed by atoms with Crippen molar-refractivity contribution in [1.82, 2.24) is 15.5 Å². The first-order valence-corrected chi connectivity index (χ1v) is 8.35. The zero-order valence-corrected chi connectivity index (χ0v) is 13.2. The molecule has 3 atom stereocenters. The highest BCUT2D eigenvalue weighted by molar-refractivity contribution is 5.01. The van der Waals surface area contributed by atoms with Crippen LogP contribution in [0.15, 0.2) is 4.52 Å². The van der Waals surface area contributed by atoms with Crippen LogP contribution in [-0.4, -0.2) is 29.8 Å². The van der Waals surface area contributed by atoms with E-state index in [4.69, 9.17) is 9.26 Å². The van der Waals surface area contributed by atoms with Crippen LogP contribution in [0, 0.1) is 5.92 Å². The van der Waals surface area contributed by atoms with Crippen LogP contribution in [0.1, 0.15) is 63.6 Å². The Morgan fingerprint density at radius 1 is 1.24 bits per heavy atom. The van der Waals surface area contributed by atoms with Crippen molar-refractivity contribution in [3.63, 3.8) is 0 Å². The molecule has 1 aliphatic carbocycles. The second kappa shape index (κ2) is 6.44. The Morgan fingerprint density at radius 2 is 2.10 bits per heavy atom. The molecule has 1 saturated heterocycles. The second-order valence-electron chi connectivity index (χ2n) is 6.69. The van der Waals surface area contributed by atoms with E-state index in [0.29, 0.717) is 12.0 Å². The predicted molar refractivity (Wildman–Crippen MR) is 80.0 cm³/mol. The number of rotatable bonds is 4. The third kappa shape index (κ3) is 3.29. The number of hydrogen-bond donors (Lipinski definition) is 1. The molecule has 0 spiro atoms. The minimum atomic E-state index is -0.352. The molecule has 0 bridgehead atoms. The molecule has 2 aliphatic rings. The van der Waals surface area contributed by atoms with Crippen LogP contribution < -0.4 is 5.32 Å². The summed E-state index contributed by atoms with van der Waals surface area (Å²) in [5.41, 5.74) is -0.352. The molecule has 0 radical (unpaired) electrons. The summed E-state index contributed by atoms with van der Waals surface area (Å²) in [6, 6.07) is 0.579. The Balaban J connectivity index is 1.67. The lowest BCUT2D eigenvalue weighted by Crippen LogP contribution is -2.37. The summed E-state index contributed by atoms with van der Waals surface area (Å²) in [6.07, 6.45) is 9.30. The Hall–Kier alpha value is -0.940. The molecule has 2 fully saturated rings. The molecule has 1 saturated carbocycles. The van der Waals surface area contributed by atoms with Crippen LogP contribution in [0.4, 0.5) is 0 Å². The van der Waals surface area contributed by atoms with Gasteiger partial charge in [0, 0.05) is 19.1 Å². The molecule has 5 heteroatoms. The first-order chi connectivity index (χ1) is 10.2. The zero-order chi connectivity index (χ0) is 14.7. The standard InChI is InChI=1S/C16H27N3O2/c1-16(9-5-6-10-20-16)15-18-14(21-19-15)11-12-7-3-4-8-13(12)17-2/h12-13,17H,3-11H2,1-2H3. The van der Waals surface area contributed by atoms with Crippen LogP contribution in [-0.2, 0) is 16.8 Å². The van der Waals surface area contributed by atoms with Crippen LogP contribution in [0.3, 0.4) is 0 Å². The molecule has 1 aromatic heterocycles. The van der Waals surface area contributed by atoms with Gasteiger partial charge in [0.1, 0.15) is 5.60 Å². The van der Waals surface area contributed by atoms with Gasteiger partial charge in [-0.1, -0.05) is 18.0 Å². The van der Waals surface area contributed by atoms with Gasteiger partial charge in [-0.05, 0) is 52.0 Å². The lowest BCUT2D eigenvalue weighted by Gasteiger charge is -2.31. The lowest BCUT2D eigenvalue weighted by molar-refractivity contribution is -0.0770. The molecular formula is C16H27N3O2. The molecule has 5 nitrogen and oxygen atoms in total. The van der Waals surface area contributed by atoms with E-state index >= 15 is 0 Å². The predicted octanol–water partition coefficient (Wildman–Crippen LogP) is 2.81. The fourth-order valence-electron chi connectivity index (χ4n) is 3.72. The van der Waals surface area contributed by atoms with Gasteiger partial charge in [-0.15, -0.1) is 0 Å². The van der Waals surface area contributed by atoms with Gasteiger partial charge >= 0.3 is 0 Å². The third-order valence-electron chi connectivity index (χ3n) is 5.13. The summed E-state index contributed by atoms with van der Waals surface area (Å²) < 4.78 is 11.4. The van der Waals surface area contributed by atoms with Gasteiger partial charge in [0.2, 0.25) is 11.7 Å². The molecule has 0 amide bonds. The van der Waals surface area contributed by atoms with Gasteiger partial charge in [-0.2, -0.15) is 4.98 Å². The highest BCUT2D eigenvalue weighted by Gasteiger charge is 2.35. The summed E-state index contributed by atoms with van der Waals surface area (Å²) >= 11 is 0. The van der Waals surface area contributed by atoms with Gasteiger partial charge < -0.3 is 14.6 Å². The number of hydrogen-bond acceptors (Lipinski definition) is 5. The molecule has 1 aliphatic heterocycles. The van der Waals surface area contributed by atoms with Crippen LogP contribution in [0.5, 0.6) is 0 Å². The highest BCUT2D eigenvalue weighted by atomic mass is 16.5. The van der Waals surface area contributed by atoms with Gasteiger partial charge in [-0.25, -0.2) is 0 Å². The maximum atomic E-state index is 5.90. The van der Waals surface area contributed by atoms with Crippen molar-refractivity contribution in [2.75, 3.05) is 13.7 Å². The van der Waals surface area contributed by atoms with E-state index in [1.807, 2.05) is 0 Å². The Morgan fingerprint density at radius 3 is 2.86 bits per heavy atom. The number of nitrogens with zero attached hydrogens (tertiary/aromatic N) is 2. The SMILES string of the molecule is CNC1CCCCC1Cc1nc(C2(C)CCCCO2)no1. The van der Waals surface area contributed by atoms with Gasteiger partial charge in [0.15, 0.2) is 0 Å². The fourth-order valence-corrected chi connectivity index (χ4v) is 3.72. The van der Waals surface area contributed by atoms with Crippen molar-refractivity contribution < 1.29 is 9.26 Å². The topological polar surface area (TPSA) is 60.2 Å². The third-order valence-corrected chi connectivity index (χ3v) is 5.13. The molecule has 0 aromatic carbocycles. The molecule has 2 heterocycles.